The van der Waals surface area contributed by atoms with E-state index < -0.39 is 24.0 Å². The summed E-state index contributed by atoms with van der Waals surface area (Å²) in [6.07, 6.45) is -1.68. The number of carbonyl (C=O) groups excluding carboxylic acids is 3. The van der Waals surface area contributed by atoms with Gasteiger partial charge in [0.05, 0.1) is 20.1 Å². The lowest BCUT2D eigenvalue weighted by Gasteiger charge is -2.14. The summed E-state index contributed by atoms with van der Waals surface area (Å²) < 4.78 is 13.8. The van der Waals surface area contributed by atoms with E-state index in [0.29, 0.717) is 0 Å². The van der Waals surface area contributed by atoms with Crippen molar-refractivity contribution in [1.29, 1.82) is 0 Å². The molecule has 96 valence electrons. The van der Waals surface area contributed by atoms with Crippen LogP contribution in [-0.2, 0) is 28.6 Å². The summed E-state index contributed by atoms with van der Waals surface area (Å²) >= 11 is 0. The van der Waals surface area contributed by atoms with Gasteiger partial charge in [-0.05, 0) is 13.8 Å². The number of esters is 3. The van der Waals surface area contributed by atoms with Gasteiger partial charge in [0.15, 0.2) is 0 Å². The Labute approximate surface area is 99.5 Å². The minimum atomic E-state index is -1.30. The van der Waals surface area contributed by atoms with Crippen LogP contribution in [0.4, 0.5) is 0 Å². The zero-order valence-electron chi connectivity index (χ0n) is 10.1. The van der Waals surface area contributed by atoms with Gasteiger partial charge in [-0.15, -0.1) is 0 Å². The molecular formula is C11H16O6. The number of hydrogen-bond acceptors (Lipinski definition) is 6. The van der Waals surface area contributed by atoms with Crippen molar-refractivity contribution in [3.63, 3.8) is 0 Å². The maximum atomic E-state index is 11.3. The van der Waals surface area contributed by atoms with Gasteiger partial charge in [-0.25, -0.2) is 9.59 Å². The summed E-state index contributed by atoms with van der Waals surface area (Å²) in [5, 5.41) is 0. The molecule has 0 rings (SSSR count). The van der Waals surface area contributed by atoms with E-state index in [1.54, 1.807) is 6.92 Å². The molecule has 0 bridgehead atoms. The maximum absolute atomic E-state index is 11.3. The predicted octanol–water partition coefficient (Wildman–Crippen LogP) is 0.600. The minimum Gasteiger partial charge on any atom is -0.466 e. The summed E-state index contributed by atoms with van der Waals surface area (Å²) in [6, 6.07) is 0. The molecule has 0 amide bonds. The number of rotatable bonds is 6. The highest BCUT2D eigenvalue weighted by molar-refractivity contribution is 5.90. The van der Waals surface area contributed by atoms with Gasteiger partial charge in [-0.2, -0.15) is 0 Å². The highest BCUT2D eigenvalue weighted by Crippen LogP contribution is 2.06. The van der Waals surface area contributed by atoms with Crippen LogP contribution in [0.1, 0.15) is 20.3 Å². The quantitative estimate of drug-likeness (QED) is 0.387. The SMILES string of the molecule is C=C(C)C(=O)OC(CC(=O)OCC)C(=O)OC. The van der Waals surface area contributed by atoms with E-state index in [1.165, 1.54) is 6.92 Å². The molecule has 0 aromatic rings. The highest BCUT2D eigenvalue weighted by Gasteiger charge is 2.27. The Morgan fingerprint density at radius 3 is 2.29 bits per heavy atom. The molecule has 0 N–H and O–H groups in total. The Kier molecular flexibility index (Phi) is 6.62. The van der Waals surface area contributed by atoms with Crippen molar-refractivity contribution >= 4 is 17.9 Å². The zero-order chi connectivity index (χ0) is 13.4. The molecule has 1 unspecified atom stereocenters. The molecule has 0 fully saturated rings. The minimum absolute atomic E-state index is 0.128. The van der Waals surface area contributed by atoms with Gasteiger partial charge < -0.3 is 14.2 Å². The molecule has 6 nitrogen and oxygen atoms in total. The average Bonchev–Trinajstić information content (AvgIpc) is 2.27. The van der Waals surface area contributed by atoms with Crippen molar-refractivity contribution in [2.24, 2.45) is 0 Å². The second kappa shape index (κ2) is 7.43. The Morgan fingerprint density at radius 1 is 1.29 bits per heavy atom. The van der Waals surface area contributed by atoms with Crippen molar-refractivity contribution in [3.05, 3.63) is 12.2 Å². The third kappa shape index (κ3) is 5.70. The molecule has 0 radical (unpaired) electrons. The molecular weight excluding hydrogens is 228 g/mol. The highest BCUT2D eigenvalue weighted by atomic mass is 16.6. The van der Waals surface area contributed by atoms with Gasteiger partial charge in [0.1, 0.15) is 0 Å². The molecule has 0 aliphatic rings. The van der Waals surface area contributed by atoms with Crippen LogP contribution in [0.3, 0.4) is 0 Å². The Balaban J connectivity index is 4.54. The lowest BCUT2D eigenvalue weighted by molar-refractivity contribution is -0.168. The van der Waals surface area contributed by atoms with Crippen LogP contribution in [0, 0.1) is 0 Å². The van der Waals surface area contributed by atoms with Crippen LogP contribution >= 0.6 is 0 Å². The van der Waals surface area contributed by atoms with Gasteiger partial charge in [-0.1, -0.05) is 6.58 Å². The second-order valence-corrected chi connectivity index (χ2v) is 3.21. The normalized spacial score (nSPS) is 11.2. The van der Waals surface area contributed by atoms with Crippen LogP contribution in [0.5, 0.6) is 0 Å². The maximum Gasteiger partial charge on any atom is 0.347 e. The van der Waals surface area contributed by atoms with Gasteiger partial charge in [0.25, 0.3) is 0 Å². The fourth-order valence-electron chi connectivity index (χ4n) is 0.906. The standard InChI is InChI=1S/C11H16O6/c1-5-16-9(12)6-8(11(14)15-4)17-10(13)7(2)3/h8H,2,5-6H2,1,3-4H3. The van der Waals surface area contributed by atoms with Crippen LogP contribution in [0.25, 0.3) is 0 Å². The summed E-state index contributed by atoms with van der Waals surface area (Å²) in [7, 11) is 1.13. The number of methoxy groups -OCH3 is 1. The van der Waals surface area contributed by atoms with Crippen molar-refractivity contribution < 1.29 is 28.6 Å². The molecule has 0 saturated heterocycles. The Hall–Kier alpha value is -1.85. The molecule has 0 aliphatic carbocycles. The summed E-state index contributed by atoms with van der Waals surface area (Å²) in [4.78, 5) is 33.7. The van der Waals surface area contributed by atoms with E-state index in [0.717, 1.165) is 7.11 Å². The first-order chi connectivity index (χ1) is 7.92. The van der Waals surface area contributed by atoms with E-state index >= 15 is 0 Å². The number of ether oxygens (including phenoxy) is 3. The van der Waals surface area contributed by atoms with Gasteiger partial charge >= 0.3 is 17.9 Å². The van der Waals surface area contributed by atoms with E-state index in [1.807, 2.05) is 0 Å². The van der Waals surface area contributed by atoms with E-state index in [2.05, 4.69) is 16.1 Å². The molecule has 0 heterocycles. The summed E-state index contributed by atoms with van der Waals surface area (Å²) in [6.45, 7) is 6.61. The van der Waals surface area contributed by atoms with Gasteiger partial charge in [0.2, 0.25) is 6.10 Å². The number of hydrogen-bond donors (Lipinski definition) is 0. The Morgan fingerprint density at radius 2 is 1.88 bits per heavy atom. The third-order valence-electron chi connectivity index (χ3n) is 1.72. The summed E-state index contributed by atoms with van der Waals surface area (Å²) in [5.41, 5.74) is 0.128. The predicted molar refractivity (Wildman–Crippen MR) is 58.0 cm³/mol. The van der Waals surface area contributed by atoms with Crippen LogP contribution < -0.4 is 0 Å². The molecule has 17 heavy (non-hydrogen) atoms. The molecule has 0 aromatic heterocycles. The fourth-order valence-corrected chi connectivity index (χ4v) is 0.906. The van der Waals surface area contributed by atoms with Crippen LogP contribution in [0.15, 0.2) is 12.2 Å². The molecule has 0 aliphatic heterocycles. The van der Waals surface area contributed by atoms with Crippen molar-refractivity contribution in [1.82, 2.24) is 0 Å². The first-order valence-corrected chi connectivity index (χ1v) is 5.02. The molecule has 0 spiro atoms. The van der Waals surface area contributed by atoms with E-state index in [-0.39, 0.29) is 18.6 Å². The molecule has 0 aromatic carbocycles. The first-order valence-electron chi connectivity index (χ1n) is 5.02. The average molecular weight is 244 g/mol. The van der Waals surface area contributed by atoms with Crippen LogP contribution in [0.2, 0.25) is 0 Å². The second-order valence-electron chi connectivity index (χ2n) is 3.21. The van der Waals surface area contributed by atoms with E-state index in [4.69, 9.17) is 4.74 Å². The smallest absolute Gasteiger partial charge is 0.347 e. The molecule has 1 atom stereocenters. The van der Waals surface area contributed by atoms with Crippen molar-refractivity contribution in [2.75, 3.05) is 13.7 Å². The first kappa shape index (κ1) is 15.2. The Bertz CT molecular complexity index is 320. The fraction of sp³-hybridized carbons (Fsp3) is 0.545. The summed E-state index contributed by atoms with van der Waals surface area (Å²) in [5.74, 6) is -2.21. The monoisotopic (exact) mass is 244 g/mol. The van der Waals surface area contributed by atoms with Crippen molar-refractivity contribution in [2.45, 2.75) is 26.4 Å². The topological polar surface area (TPSA) is 78.9 Å². The van der Waals surface area contributed by atoms with E-state index in [9.17, 15) is 14.4 Å². The van der Waals surface area contributed by atoms with Gasteiger partial charge in [0, 0.05) is 5.57 Å². The van der Waals surface area contributed by atoms with Gasteiger partial charge in [-0.3, -0.25) is 4.79 Å². The third-order valence-corrected chi connectivity index (χ3v) is 1.72. The lowest BCUT2D eigenvalue weighted by Crippen LogP contribution is -2.31. The molecule has 6 heteroatoms. The lowest BCUT2D eigenvalue weighted by atomic mass is 10.2. The van der Waals surface area contributed by atoms with Crippen molar-refractivity contribution in [3.8, 4) is 0 Å². The largest absolute Gasteiger partial charge is 0.466 e. The zero-order valence-corrected chi connectivity index (χ0v) is 10.1. The van der Waals surface area contributed by atoms with Crippen LogP contribution in [-0.4, -0.2) is 37.7 Å². The molecule has 0 saturated carbocycles. The number of carbonyl (C=O) groups is 3.